The summed E-state index contributed by atoms with van der Waals surface area (Å²) in [5.41, 5.74) is 1.74. The molecule has 0 saturated carbocycles. The molecule has 0 fully saturated rings. The topological polar surface area (TPSA) is 120 Å². The maximum absolute atomic E-state index is 14.7. The second kappa shape index (κ2) is 15.5. The quantitative estimate of drug-likeness (QED) is 0.110. The zero-order chi connectivity index (χ0) is 31.6. The van der Waals surface area contributed by atoms with Crippen LogP contribution in [0.1, 0.15) is 44.4 Å². The monoisotopic (exact) mass is 638 g/mol. The molecular weight excluding hydrogens is 603 g/mol. The fourth-order valence-corrected chi connectivity index (χ4v) is 6.66. The number of esters is 1. The van der Waals surface area contributed by atoms with Crippen molar-refractivity contribution >= 4 is 30.0 Å². The third-order valence-electron chi connectivity index (χ3n) is 5.89. The molecule has 0 aromatic heterocycles. The van der Waals surface area contributed by atoms with Gasteiger partial charge in [-0.1, -0.05) is 24.3 Å². The van der Waals surface area contributed by atoms with E-state index in [-0.39, 0.29) is 41.1 Å². The Morgan fingerprint density at radius 2 is 1.47 bits per heavy atom. The summed E-state index contributed by atoms with van der Waals surface area (Å²) in [5.74, 6) is -3.27. The first-order chi connectivity index (χ1) is 20.4. The minimum Gasteiger partial charge on any atom is -0.463 e. The number of nitrogens with one attached hydrogen (secondary N) is 1. The van der Waals surface area contributed by atoms with Gasteiger partial charge in [0.15, 0.2) is 23.5 Å². The van der Waals surface area contributed by atoms with Gasteiger partial charge in [0.25, 0.3) is 0 Å². The number of benzene rings is 3. The third-order valence-corrected chi connectivity index (χ3v) is 9.39. The Morgan fingerprint density at radius 1 is 0.907 bits per heavy atom. The SMILES string of the molecule is CCOC(=O)/C(C)=C/c1cc(F)c(Oc2ccc(S(=O)(=O)NCc3ccc(C[P+](O)(OCC)OCC)cc3)cc2)c(F)c1. The summed E-state index contributed by atoms with van der Waals surface area (Å²) in [6.07, 6.45) is 1.50. The summed E-state index contributed by atoms with van der Waals surface area (Å²) in [6.45, 7) is 7.46. The molecule has 0 unspecified atom stereocenters. The van der Waals surface area contributed by atoms with Crippen LogP contribution in [0, 0.1) is 11.6 Å². The molecular formula is C30H35F2NO8PS+. The van der Waals surface area contributed by atoms with Crippen molar-refractivity contribution in [2.45, 2.75) is 45.3 Å². The highest BCUT2D eigenvalue weighted by molar-refractivity contribution is 7.89. The molecule has 3 rings (SSSR count). The second-order valence-corrected chi connectivity index (χ2v) is 13.1. The Hall–Kier alpha value is -3.25. The molecule has 0 amide bonds. The fourth-order valence-electron chi connectivity index (χ4n) is 3.91. The maximum Gasteiger partial charge on any atom is 0.413 e. The van der Waals surface area contributed by atoms with Gasteiger partial charge in [0, 0.05) is 12.1 Å². The Labute approximate surface area is 251 Å². The maximum atomic E-state index is 14.7. The van der Waals surface area contributed by atoms with Crippen LogP contribution in [0.2, 0.25) is 0 Å². The van der Waals surface area contributed by atoms with Crippen molar-refractivity contribution in [2.75, 3.05) is 19.8 Å². The van der Waals surface area contributed by atoms with Crippen LogP contribution < -0.4 is 9.46 Å². The van der Waals surface area contributed by atoms with Crippen molar-refractivity contribution in [1.82, 2.24) is 4.72 Å². The molecule has 0 heterocycles. The number of carbonyl (C=O) groups excluding carboxylic acids is 1. The summed E-state index contributed by atoms with van der Waals surface area (Å²) in [4.78, 5) is 22.3. The molecule has 3 aromatic rings. The van der Waals surface area contributed by atoms with Gasteiger partial charge in [0.1, 0.15) is 5.75 Å². The lowest BCUT2D eigenvalue weighted by Crippen LogP contribution is -2.23. The molecule has 43 heavy (non-hydrogen) atoms. The lowest BCUT2D eigenvalue weighted by molar-refractivity contribution is -0.138. The molecule has 2 N–H and O–H groups in total. The Kier molecular flexibility index (Phi) is 12.3. The van der Waals surface area contributed by atoms with E-state index in [9.17, 15) is 26.9 Å². The Morgan fingerprint density at radius 3 is 2.00 bits per heavy atom. The van der Waals surface area contributed by atoms with Crippen LogP contribution in [0.25, 0.3) is 6.08 Å². The van der Waals surface area contributed by atoms with E-state index in [1.807, 2.05) is 0 Å². The average molecular weight is 639 g/mol. The summed E-state index contributed by atoms with van der Waals surface area (Å²) < 4.78 is 78.5. The molecule has 0 saturated heterocycles. The summed E-state index contributed by atoms with van der Waals surface area (Å²) in [5, 5.41) is 0. The highest BCUT2D eigenvalue weighted by atomic mass is 32.2. The van der Waals surface area contributed by atoms with E-state index in [1.165, 1.54) is 37.3 Å². The summed E-state index contributed by atoms with van der Waals surface area (Å²) in [6, 6.07) is 14.1. The molecule has 0 aliphatic rings. The van der Waals surface area contributed by atoms with Crippen molar-refractivity contribution in [2.24, 2.45) is 0 Å². The average Bonchev–Trinajstić information content (AvgIpc) is 2.95. The number of halogens is 2. The van der Waals surface area contributed by atoms with Gasteiger partial charge in [0.05, 0.1) is 24.7 Å². The van der Waals surface area contributed by atoms with Gasteiger partial charge in [-0.25, -0.2) is 26.7 Å². The molecule has 0 aliphatic heterocycles. The van der Waals surface area contributed by atoms with Crippen LogP contribution in [0.4, 0.5) is 8.78 Å². The smallest absolute Gasteiger partial charge is 0.413 e. The fraction of sp³-hybridized carbons (Fsp3) is 0.300. The minimum absolute atomic E-state index is 0.00402. The highest BCUT2D eigenvalue weighted by Crippen LogP contribution is 2.59. The highest BCUT2D eigenvalue weighted by Gasteiger charge is 2.40. The number of rotatable bonds is 15. The van der Waals surface area contributed by atoms with Gasteiger partial charge in [-0.2, -0.15) is 13.9 Å². The molecule has 0 spiro atoms. The standard InChI is InChI=1S/C30H35F2NO8PS/c1-5-38-30(34)21(4)16-24-17-27(31)29(28(32)18-24)41-25-12-14-26(15-13-25)43(36,37)33-19-22-8-10-23(11-9-22)20-42(35,39-6-2)40-7-3/h8-18,33,35H,5-7,19-20H2,1-4H3/q+1/b21-16+. The molecule has 3 aromatic carbocycles. The molecule has 9 nitrogen and oxygen atoms in total. The Bertz CT molecular complexity index is 1500. The number of hydrogen-bond donors (Lipinski definition) is 2. The first-order valence-corrected chi connectivity index (χ1v) is 16.7. The normalized spacial score (nSPS) is 12.3. The first-order valence-electron chi connectivity index (χ1n) is 13.5. The van der Waals surface area contributed by atoms with Gasteiger partial charge < -0.3 is 9.47 Å². The minimum atomic E-state index is -3.92. The van der Waals surface area contributed by atoms with Crippen LogP contribution in [0.3, 0.4) is 0 Å². The van der Waals surface area contributed by atoms with Crippen LogP contribution in [0.15, 0.2) is 71.1 Å². The van der Waals surface area contributed by atoms with E-state index >= 15 is 0 Å². The number of ether oxygens (including phenoxy) is 2. The van der Waals surface area contributed by atoms with E-state index < -0.39 is 41.3 Å². The van der Waals surface area contributed by atoms with Crippen LogP contribution in [-0.4, -0.2) is 39.1 Å². The third kappa shape index (κ3) is 9.89. The summed E-state index contributed by atoms with van der Waals surface area (Å²) >= 11 is 0. The van der Waals surface area contributed by atoms with Crippen molar-refractivity contribution in [3.05, 3.63) is 94.6 Å². The number of sulfonamides is 1. The molecule has 0 aliphatic carbocycles. The van der Waals surface area contributed by atoms with Crippen molar-refractivity contribution < 1.29 is 45.4 Å². The molecule has 13 heteroatoms. The van der Waals surface area contributed by atoms with Gasteiger partial charge in [-0.15, -0.1) is 0 Å². The van der Waals surface area contributed by atoms with Gasteiger partial charge in [-0.05, 0) is 86.9 Å². The van der Waals surface area contributed by atoms with Gasteiger partial charge in [0.2, 0.25) is 10.0 Å². The van der Waals surface area contributed by atoms with Crippen molar-refractivity contribution in [3.8, 4) is 11.5 Å². The summed E-state index contributed by atoms with van der Waals surface area (Å²) in [7, 11) is -6.93. The van der Waals surface area contributed by atoms with Gasteiger partial charge in [-0.3, -0.25) is 0 Å². The predicted molar refractivity (Wildman–Crippen MR) is 160 cm³/mol. The van der Waals surface area contributed by atoms with E-state index in [0.717, 1.165) is 17.7 Å². The molecule has 0 atom stereocenters. The second-order valence-electron chi connectivity index (χ2n) is 9.21. The van der Waals surface area contributed by atoms with E-state index in [4.69, 9.17) is 18.5 Å². The molecule has 0 radical (unpaired) electrons. The predicted octanol–water partition coefficient (Wildman–Crippen LogP) is 6.53. The van der Waals surface area contributed by atoms with Crippen LogP contribution in [0.5, 0.6) is 11.5 Å². The lowest BCUT2D eigenvalue weighted by atomic mass is 10.1. The van der Waals surface area contributed by atoms with Crippen LogP contribution >= 0.6 is 7.94 Å². The Balaban J connectivity index is 1.64. The van der Waals surface area contributed by atoms with E-state index in [2.05, 4.69) is 4.72 Å². The van der Waals surface area contributed by atoms with Crippen molar-refractivity contribution in [1.29, 1.82) is 0 Å². The molecule has 232 valence electrons. The largest absolute Gasteiger partial charge is 0.463 e. The van der Waals surface area contributed by atoms with E-state index in [1.54, 1.807) is 45.0 Å². The van der Waals surface area contributed by atoms with Gasteiger partial charge >= 0.3 is 13.9 Å². The number of carbonyl (C=O) groups is 1. The molecule has 0 bridgehead atoms. The number of hydrogen-bond acceptors (Lipinski definition) is 8. The van der Waals surface area contributed by atoms with Crippen LogP contribution in [-0.2, 0) is 41.3 Å². The van der Waals surface area contributed by atoms with Crippen molar-refractivity contribution in [3.63, 3.8) is 0 Å². The zero-order valence-electron chi connectivity index (χ0n) is 24.3. The van der Waals surface area contributed by atoms with E-state index in [0.29, 0.717) is 18.8 Å². The zero-order valence-corrected chi connectivity index (χ0v) is 26.0. The first kappa shape index (κ1) is 34.2. The lowest BCUT2D eigenvalue weighted by Gasteiger charge is -2.16.